The zero-order valence-electron chi connectivity index (χ0n) is 9.79. The number of nitrogens with one attached hydrogen (secondary N) is 1. The summed E-state index contributed by atoms with van der Waals surface area (Å²) < 4.78 is 0. The van der Waals surface area contributed by atoms with Gasteiger partial charge in [0.1, 0.15) is 16.5 Å². The molecule has 2 aromatic rings. The van der Waals surface area contributed by atoms with Crippen molar-refractivity contribution in [2.24, 2.45) is 0 Å². The molecule has 2 aromatic carbocycles. The molecule has 0 saturated carbocycles. The Morgan fingerprint density at radius 3 is 2.63 bits per heavy atom. The fourth-order valence-electron chi connectivity index (χ4n) is 1.58. The van der Waals surface area contributed by atoms with Crippen molar-refractivity contribution in [2.75, 3.05) is 5.32 Å². The molecule has 0 aliphatic carbocycles. The molecular weight excluding hydrogens is 260 g/mol. The summed E-state index contributed by atoms with van der Waals surface area (Å²) in [5, 5.41) is 30.7. The second kappa shape index (κ2) is 5.38. The molecule has 0 unspecified atom stereocenters. The monoisotopic (exact) mass is 270 g/mol. The van der Waals surface area contributed by atoms with Gasteiger partial charge < -0.3 is 15.5 Å². The van der Waals surface area contributed by atoms with Crippen molar-refractivity contribution in [3.05, 3.63) is 53.6 Å². The lowest BCUT2D eigenvalue weighted by molar-refractivity contribution is 0.450. The van der Waals surface area contributed by atoms with Crippen molar-refractivity contribution >= 4 is 22.9 Å². The van der Waals surface area contributed by atoms with Crippen LogP contribution in [0.3, 0.4) is 0 Å². The van der Waals surface area contributed by atoms with Crippen LogP contribution in [0.5, 0.6) is 11.5 Å². The summed E-state index contributed by atoms with van der Waals surface area (Å²) in [5.41, 5.74) is 1.59. The molecule has 0 fully saturated rings. The summed E-state index contributed by atoms with van der Waals surface area (Å²) in [6, 6.07) is 13.1. The molecule has 0 radical (unpaired) electrons. The third kappa shape index (κ3) is 3.00. The lowest BCUT2D eigenvalue weighted by Gasteiger charge is -2.10. The van der Waals surface area contributed by atoms with Gasteiger partial charge in [0.2, 0.25) is 0 Å². The van der Waals surface area contributed by atoms with E-state index in [1.807, 2.05) is 6.07 Å². The minimum Gasteiger partial charge on any atom is -0.508 e. The topological polar surface area (TPSA) is 76.3 Å². The van der Waals surface area contributed by atoms with E-state index >= 15 is 0 Å². The number of anilines is 1. The molecule has 0 saturated heterocycles. The summed E-state index contributed by atoms with van der Waals surface area (Å²) in [7, 11) is 0. The number of phenolic OH excluding ortho intramolecular Hbond substituents is 2. The number of hydrogen-bond donors (Lipinski definition) is 3. The maximum atomic E-state index is 9.70. The third-order valence-electron chi connectivity index (χ3n) is 2.48. The van der Waals surface area contributed by atoms with Crippen LogP contribution in [-0.4, -0.2) is 15.2 Å². The minimum atomic E-state index is -0.103. The highest BCUT2D eigenvalue weighted by Crippen LogP contribution is 2.24. The second-order valence-electron chi connectivity index (χ2n) is 3.85. The molecule has 0 aliphatic rings. The van der Waals surface area contributed by atoms with E-state index < -0.39 is 0 Å². The Hall–Kier alpha value is -2.58. The minimum absolute atomic E-state index is 0.0319. The fourth-order valence-corrected chi connectivity index (χ4v) is 1.87. The molecule has 94 valence electrons. The maximum Gasteiger partial charge on any atom is 0.129 e. The van der Waals surface area contributed by atoms with Crippen LogP contribution in [-0.2, 0) is 0 Å². The molecule has 0 aliphatic heterocycles. The Morgan fingerprint density at radius 1 is 1.16 bits per heavy atom. The Balaban J connectivity index is 2.23. The first-order chi connectivity index (χ1) is 9.10. The van der Waals surface area contributed by atoms with E-state index in [4.69, 9.17) is 17.5 Å². The number of nitrogens with zero attached hydrogens (tertiary/aromatic N) is 1. The van der Waals surface area contributed by atoms with E-state index in [9.17, 15) is 10.2 Å². The van der Waals surface area contributed by atoms with Crippen LogP contribution < -0.4 is 5.32 Å². The molecule has 0 bridgehead atoms. The standard InChI is InChI=1S/C14H10N2O2S/c15-8-9-2-1-3-10(6-9)16-14(19)12-5-4-11(17)7-13(12)18/h1-7,17-18H,(H,16,19). The number of rotatable bonds is 2. The molecule has 19 heavy (non-hydrogen) atoms. The van der Waals surface area contributed by atoms with Crippen molar-refractivity contribution in [1.29, 1.82) is 5.26 Å². The Kier molecular flexibility index (Phi) is 3.64. The molecule has 4 nitrogen and oxygen atoms in total. The van der Waals surface area contributed by atoms with Gasteiger partial charge in [0, 0.05) is 11.8 Å². The van der Waals surface area contributed by atoms with Crippen molar-refractivity contribution in [1.82, 2.24) is 0 Å². The smallest absolute Gasteiger partial charge is 0.129 e. The Bertz CT molecular complexity index is 677. The van der Waals surface area contributed by atoms with Crippen LogP contribution in [0, 0.1) is 11.3 Å². The van der Waals surface area contributed by atoms with Crippen LogP contribution in [0.25, 0.3) is 0 Å². The summed E-state index contributed by atoms with van der Waals surface area (Å²) in [6.07, 6.45) is 0. The van der Waals surface area contributed by atoms with E-state index in [2.05, 4.69) is 5.32 Å². The number of hydrogen-bond acceptors (Lipinski definition) is 4. The molecule has 3 N–H and O–H groups in total. The highest BCUT2D eigenvalue weighted by molar-refractivity contribution is 7.81. The Labute approximate surface area is 115 Å². The molecule has 5 heteroatoms. The van der Waals surface area contributed by atoms with Crippen molar-refractivity contribution in [2.45, 2.75) is 0 Å². The number of benzene rings is 2. The lowest BCUT2D eigenvalue weighted by atomic mass is 10.1. The first-order valence-electron chi connectivity index (χ1n) is 5.43. The normalized spacial score (nSPS) is 9.63. The van der Waals surface area contributed by atoms with Crippen LogP contribution in [0.4, 0.5) is 5.69 Å². The van der Waals surface area contributed by atoms with E-state index in [-0.39, 0.29) is 11.5 Å². The lowest BCUT2D eigenvalue weighted by Crippen LogP contribution is -2.10. The molecule has 0 aromatic heterocycles. The zero-order valence-corrected chi connectivity index (χ0v) is 10.6. The average Bonchev–Trinajstić information content (AvgIpc) is 2.38. The zero-order chi connectivity index (χ0) is 13.8. The Morgan fingerprint density at radius 2 is 1.95 bits per heavy atom. The molecule has 2 rings (SSSR count). The first kappa shape index (κ1) is 12.9. The largest absolute Gasteiger partial charge is 0.508 e. The van der Waals surface area contributed by atoms with Crippen LogP contribution in [0.15, 0.2) is 42.5 Å². The van der Waals surface area contributed by atoms with Gasteiger partial charge in [0.25, 0.3) is 0 Å². The maximum absolute atomic E-state index is 9.70. The third-order valence-corrected chi connectivity index (χ3v) is 2.80. The van der Waals surface area contributed by atoms with Crippen LogP contribution in [0.2, 0.25) is 0 Å². The molecule has 0 spiro atoms. The summed E-state index contributed by atoms with van der Waals surface area (Å²) in [6.45, 7) is 0. The van der Waals surface area contributed by atoms with Crippen LogP contribution >= 0.6 is 12.2 Å². The molecule has 0 heterocycles. The predicted octanol–water partition coefficient (Wildman–Crippen LogP) is 2.76. The van der Waals surface area contributed by atoms with Gasteiger partial charge in [-0.05, 0) is 30.3 Å². The average molecular weight is 270 g/mol. The van der Waals surface area contributed by atoms with Crippen molar-refractivity contribution in [3.8, 4) is 17.6 Å². The second-order valence-corrected chi connectivity index (χ2v) is 4.26. The number of phenols is 2. The van der Waals surface area contributed by atoms with Gasteiger partial charge in [-0.1, -0.05) is 18.3 Å². The summed E-state index contributed by atoms with van der Waals surface area (Å²) in [5.74, 6) is -0.135. The van der Waals surface area contributed by atoms with Crippen LogP contribution in [0.1, 0.15) is 11.1 Å². The van der Waals surface area contributed by atoms with Gasteiger partial charge in [-0.3, -0.25) is 0 Å². The number of aromatic hydroxyl groups is 2. The van der Waals surface area contributed by atoms with E-state index in [1.165, 1.54) is 18.2 Å². The highest BCUT2D eigenvalue weighted by Gasteiger charge is 2.08. The van der Waals surface area contributed by atoms with Crippen molar-refractivity contribution < 1.29 is 10.2 Å². The molecular formula is C14H10N2O2S. The summed E-state index contributed by atoms with van der Waals surface area (Å²) in [4.78, 5) is 0.313. The highest BCUT2D eigenvalue weighted by atomic mass is 32.1. The SMILES string of the molecule is N#Cc1cccc(NC(=S)c2ccc(O)cc2O)c1. The molecule has 0 atom stereocenters. The summed E-state index contributed by atoms with van der Waals surface area (Å²) >= 11 is 5.18. The van der Waals surface area contributed by atoms with Gasteiger partial charge in [0.05, 0.1) is 17.2 Å². The van der Waals surface area contributed by atoms with E-state index in [1.54, 1.807) is 24.3 Å². The van der Waals surface area contributed by atoms with Gasteiger partial charge in [-0.15, -0.1) is 0 Å². The fraction of sp³-hybridized carbons (Fsp3) is 0. The van der Waals surface area contributed by atoms with Gasteiger partial charge >= 0.3 is 0 Å². The van der Waals surface area contributed by atoms with E-state index in [0.717, 1.165) is 0 Å². The van der Waals surface area contributed by atoms with Gasteiger partial charge in [-0.25, -0.2) is 0 Å². The number of nitriles is 1. The van der Waals surface area contributed by atoms with E-state index in [0.29, 0.717) is 21.8 Å². The predicted molar refractivity (Wildman–Crippen MR) is 76.3 cm³/mol. The first-order valence-corrected chi connectivity index (χ1v) is 5.84. The quantitative estimate of drug-likeness (QED) is 0.731. The molecule has 0 amide bonds. The van der Waals surface area contributed by atoms with Gasteiger partial charge in [0.15, 0.2) is 0 Å². The van der Waals surface area contributed by atoms with Gasteiger partial charge in [-0.2, -0.15) is 5.26 Å². The van der Waals surface area contributed by atoms with Crippen molar-refractivity contribution in [3.63, 3.8) is 0 Å². The number of thiocarbonyl (C=S) groups is 1.